The second kappa shape index (κ2) is 10.2. The zero-order chi connectivity index (χ0) is 25.4. The fraction of sp³-hybridized carbons (Fsp3) is 0.545. The fourth-order valence-corrected chi connectivity index (χ4v) is 8.49. The van der Waals surface area contributed by atoms with Crippen LogP contribution in [0.1, 0.15) is 45.2 Å². The summed E-state index contributed by atoms with van der Waals surface area (Å²) in [5.74, 6) is -0.134. The van der Waals surface area contributed by atoms with E-state index >= 15 is 0 Å². The predicted molar refractivity (Wildman–Crippen MR) is 135 cm³/mol. The first kappa shape index (κ1) is 26.2. The molecular formula is C22H31N5O5S3. The highest BCUT2D eigenvalue weighted by Crippen LogP contribution is 2.39. The number of aliphatic hydroxyl groups is 2. The molecular weight excluding hydrogens is 510 g/mol. The van der Waals surface area contributed by atoms with Gasteiger partial charge in [-0.25, -0.2) is 13.4 Å². The van der Waals surface area contributed by atoms with E-state index in [1.807, 2.05) is 30.3 Å². The van der Waals surface area contributed by atoms with E-state index in [9.17, 15) is 23.2 Å². The summed E-state index contributed by atoms with van der Waals surface area (Å²) in [6, 6.07) is 8.16. The molecule has 1 aromatic carbocycles. The first-order chi connectivity index (χ1) is 16.5. The lowest BCUT2D eigenvalue weighted by Crippen LogP contribution is -2.38. The number of hydrogen-bond donors (Lipinski definition) is 4. The van der Waals surface area contributed by atoms with E-state index < -0.39 is 33.2 Å². The van der Waals surface area contributed by atoms with Crippen LogP contribution in [0, 0.1) is 5.41 Å². The van der Waals surface area contributed by atoms with Gasteiger partial charge in [0, 0.05) is 18.3 Å². The Hall–Kier alpha value is -1.90. The van der Waals surface area contributed by atoms with Crippen LogP contribution in [0.4, 0.5) is 0 Å². The molecule has 4 atom stereocenters. The van der Waals surface area contributed by atoms with Crippen molar-refractivity contribution in [2.45, 2.75) is 51.7 Å². The lowest BCUT2D eigenvalue weighted by atomic mass is 9.83. The maximum atomic E-state index is 13.2. The van der Waals surface area contributed by atoms with Crippen LogP contribution in [0.2, 0.25) is 0 Å². The third-order valence-corrected chi connectivity index (χ3v) is 10.5. The highest BCUT2D eigenvalue weighted by Gasteiger charge is 2.42. The van der Waals surface area contributed by atoms with E-state index in [0.717, 1.165) is 17.3 Å². The summed E-state index contributed by atoms with van der Waals surface area (Å²) in [5, 5.41) is 20.4. The van der Waals surface area contributed by atoms with Gasteiger partial charge in [-0.1, -0.05) is 51.1 Å². The highest BCUT2D eigenvalue weighted by atomic mass is 32.3. The molecule has 4 rings (SSSR count). The van der Waals surface area contributed by atoms with E-state index in [0.29, 0.717) is 24.9 Å². The first-order valence-electron chi connectivity index (χ1n) is 11.4. The zero-order valence-corrected chi connectivity index (χ0v) is 22.3. The second-order valence-electron chi connectivity index (χ2n) is 9.70. The third kappa shape index (κ3) is 5.44. The van der Waals surface area contributed by atoms with Gasteiger partial charge in [-0.05, 0) is 23.8 Å². The molecule has 0 amide bonds. The standard InChI is InChI=1S/C22H31N5O5S3/c1-22(2,3)18(14-8-5-4-6-9-14)24-20-19(25-34(30)26-20)23-16-13-33-21(17(16)29)35(31,32)27-11-7-10-15(27)12-28/h4-6,8-9,15-16,18,28-29H,7,10-13H2,1-3H3,(H,23,25)(H,24,26)/t15?,16?,18-,34?/m0/s1. The average Bonchev–Trinajstić information content (AvgIpc) is 3.51. The van der Waals surface area contributed by atoms with Gasteiger partial charge in [-0.3, -0.25) is 4.99 Å². The smallest absolute Gasteiger partial charge is 0.252 e. The van der Waals surface area contributed by atoms with Gasteiger partial charge >= 0.3 is 0 Å². The van der Waals surface area contributed by atoms with Crippen LogP contribution >= 0.6 is 22.9 Å². The van der Waals surface area contributed by atoms with E-state index in [1.54, 1.807) is 0 Å². The average molecular weight is 542 g/mol. The normalized spacial score (nSPS) is 24.5. The third-order valence-electron chi connectivity index (χ3n) is 6.06. The predicted octanol–water partition coefficient (Wildman–Crippen LogP) is 2.29. The largest absolute Gasteiger partial charge is 0.549 e. The minimum atomic E-state index is -3.94. The molecule has 3 unspecified atom stereocenters. The van der Waals surface area contributed by atoms with Gasteiger partial charge < -0.3 is 14.8 Å². The van der Waals surface area contributed by atoms with Crippen LogP contribution in [0.15, 0.2) is 50.3 Å². The fourth-order valence-electron chi connectivity index (χ4n) is 4.32. The molecule has 0 radical (unpaired) electrons. The van der Waals surface area contributed by atoms with Gasteiger partial charge in [0.1, 0.15) is 22.9 Å². The maximum Gasteiger partial charge on any atom is 0.252 e. The molecule has 192 valence electrons. The minimum absolute atomic E-state index is 0.144. The van der Waals surface area contributed by atoms with Crippen molar-refractivity contribution in [1.82, 2.24) is 13.1 Å². The molecule has 1 aromatic heterocycles. The Morgan fingerprint density at radius 3 is 2.60 bits per heavy atom. The summed E-state index contributed by atoms with van der Waals surface area (Å²) < 4.78 is 45.2. The van der Waals surface area contributed by atoms with Gasteiger partial charge in [0.05, 0.1) is 12.6 Å². The number of H-pyrrole nitrogens is 2. The van der Waals surface area contributed by atoms with E-state index in [4.69, 9.17) is 4.99 Å². The summed E-state index contributed by atoms with van der Waals surface area (Å²) in [5.41, 5.74) is 1.24. The van der Waals surface area contributed by atoms with Gasteiger partial charge in [0.25, 0.3) is 10.0 Å². The lowest BCUT2D eigenvalue weighted by Gasteiger charge is -2.27. The number of aromatic nitrogens is 2. The molecule has 10 nitrogen and oxygen atoms in total. The summed E-state index contributed by atoms with van der Waals surface area (Å²) in [6.45, 7) is 6.22. The van der Waals surface area contributed by atoms with Gasteiger partial charge in [0.2, 0.25) is 11.0 Å². The van der Waals surface area contributed by atoms with E-state index in [-0.39, 0.29) is 39.3 Å². The van der Waals surface area contributed by atoms with E-state index in [1.165, 1.54) is 4.31 Å². The number of benzene rings is 1. The number of aromatic amines is 2. The number of nitrogens with one attached hydrogen (secondary N) is 2. The number of sulfonamides is 1. The van der Waals surface area contributed by atoms with Crippen LogP contribution in [0.3, 0.4) is 0 Å². The summed E-state index contributed by atoms with van der Waals surface area (Å²) in [6.07, 6.45) is 1.24. The molecule has 0 saturated carbocycles. The van der Waals surface area contributed by atoms with Crippen LogP contribution in [0.5, 0.6) is 0 Å². The quantitative estimate of drug-likeness (QED) is 0.411. The first-order valence-corrected chi connectivity index (χ1v) is 14.9. The Bertz CT molecular complexity index is 1320. The number of rotatable bonds is 6. The Balaban J connectivity index is 1.74. The molecule has 1 saturated heterocycles. The van der Waals surface area contributed by atoms with Crippen molar-refractivity contribution in [1.29, 1.82) is 0 Å². The summed E-state index contributed by atoms with van der Waals surface area (Å²) in [4.78, 5) is 9.33. The van der Waals surface area contributed by atoms with Crippen molar-refractivity contribution < 1.29 is 23.2 Å². The molecule has 2 aromatic rings. The summed E-state index contributed by atoms with van der Waals surface area (Å²) >= 11 is -0.635. The number of aliphatic hydroxyl groups excluding tert-OH is 2. The minimum Gasteiger partial charge on any atom is -0.549 e. The van der Waals surface area contributed by atoms with Crippen LogP contribution in [-0.4, -0.2) is 67.2 Å². The molecule has 0 bridgehead atoms. The molecule has 4 N–H and O–H groups in total. The highest BCUT2D eigenvalue weighted by molar-refractivity contribution is 8.18. The maximum absolute atomic E-state index is 13.2. The van der Waals surface area contributed by atoms with E-state index in [2.05, 4.69) is 34.5 Å². The van der Waals surface area contributed by atoms with Crippen molar-refractivity contribution in [3.63, 3.8) is 0 Å². The van der Waals surface area contributed by atoms with Crippen molar-refractivity contribution in [3.05, 3.63) is 56.9 Å². The van der Waals surface area contributed by atoms with Crippen LogP contribution < -0.4 is 11.0 Å². The SMILES string of the molecule is CC(C)(C)[C@@H](N=c1[nH][s+]([O-])[nH]c1=NC1CSC(S(=O)(=O)N2CCCC2CO)=C1O)c1ccccc1. The Kier molecular flexibility index (Phi) is 7.65. The molecule has 0 aliphatic carbocycles. The van der Waals surface area contributed by atoms with Crippen molar-refractivity contribution in [3.8, 4) is 0 Å². The summed E-state index contributed by atoms with van der Waals surface area (Å²) in [7, 11) is -3.94. The van der Waals surface area contributed by atoms with Crippen molar-refractivity contribution in [2.24, 2.45) is 15.4 Å². The van der Waals surface area contributed by atoms with Crippen molar-refractivity contribution >= 4 is 32.9 Å². The Labute approximate surface area is 211 Å². The molecule has 3 heterocycles. The molecule has 2 aliphatic heterocycles. The Morgan fingerprint density at radius 2 is 1.94 bits per heavy atom. The lowest BCUT2D eigenvalue weighted by molar-refractivity contribution is 0.214. The number of nitrogens with zero attached hydrogens (tertiary/aromatic N) is 3. The zero-order valence-electron chi connectivity index (χ0n) is 19.8. The molecule has 0 spiro atoms. The monoisotopic (exact) mass is 541 g/mol. The van der Waals surface area contributed by atoms with Crippen LogP contribution in [0.25, 0.3) is 0 Å². The topological polar surface area (TPSA) is 157 Å². The molecule has 35 heavy (non-hydrogen) atoms. The second-order valence-corrected chi connectivity index (χ2v) is 13.8. The van der Waals surface area contributed by atoms with Crippen molar-refractivity contribution in [2.75, 3.05) is 18.9 Å². The number of hydrogen-bond acceptors (Lipinski definition) is 8. The van der Waals surface area contributed by atoms with Crippen LogP contribution in [-0.2, 0) is 10.0 Å². The van der Waals surface area contributed by atoms with Gasteiger partial charge in [0.15, 0.2) is 4.24 Å². The Morgan fingerprint density at radius 1 is 1.26 bits per heavy atom. The van der Waals surface area contributed by atoms with Gasteiger partial charge in [-0.15, -0.1) is 11.8 Å². The van der Waals surface area contributed by atoms with Gasteiger partial charge in [-0.2, -0.15) is 13.1 Å². The number of thioether (sulfide) groups is 1. The molecule has 1 fully saturated rings. The molecule has 2 aliphatic rings. The molecule has 13 heteroatoms.